The van der Waals surface area contributed by atoms with E-state index in [0.717, 1.165) is 43.9 Å². The molecule has 252 valence electrons. The minimum atomic E-state index is -1.09. The number of rotatable bonds is 14. The van der Waals surface area contributed by atoms with Gasteiger partial charge < -0.3 is 25.4 Å². The van der Waals surface area contributed by atoms with Gasteiger partial charge in [0.25, 0.3) is 5.91 Å². The molecule has 2 fully saturated rings. The minimum Gasteiger partial charge on any atom is -0.484 e. The molecule has 3 aromatic rings. The average molecular weight is 680 g/mol. The normalized spacial score (nSPS) is 18.4. The number of carbonyl (C=O) groups is 5. The Hall–Kier alpha value is -4.78. The predicted octanol–water partition coefficient (Wildman–Crippen LogP) is 4.68. The van der Waals surface area contributed by atoms with Crippen LogP contribution in [0.2, 0.25) is 0 Å². The molecule has 0 bridgehead atoms. The Kier molecular flexibility index (Phi) is 11.4. The molecule has 1 saturated carbocycles. The van der Waals surface area contributed by atoms with Gasteiger partial charge in [-0.05, 0) is 85.0 Å². The summed E-state index contributed by atoms with van der Waals surface area (Å²) in [6.07, 6.45) is 4.35. The van der Waals surface area contributed by atoms with Crippen molar-refractivity contribution in [1.29, 1.82) is 0 Å². The molecule has 0 aromatic heterocycles. The van der Waals surface area contributed by atoms with Gasteiger partial charge in [-0.15, -0.1) is 11.8 Å². The van der Waals surface area contributed by atoms with Gasteiger partial charge in [0, 0.05) is 11.3 Å². The molecule has 48 heavy (non-hydrogen) atoms. The van der Waals surface area contributed by atoms with Crippen LogP contribution in [0.15, 0.2) is 72.8 Å². The van der Waals surface area contributed by atoms with Crippen molar-refractivity contribution in [2.24, 2.45) is 5.92 Å². The molecular formula is C35H35F2N3O7S. The number of carboxylic acid groups (broad SMARTS) is 1. The number of halogens is 2. The van der Waals surface area contributed by atoms with Gasteiger partial charge in [-0.1, -0.05) is 31.4 Å². The molecular weight excluding hydrogens is 644 g/mol. The van der Waals surface area contributed by atoms with Crippen LogP contribution in [-0.2, 0) is 19.2 Å². The molecule has 0 radical (unpaired) electrons. The molecule has 1 aliphatic carbocycles. The van der Waals surface area contributed by atoms with Gasteiger partial charge in [-0.25, -0.2) is 13.6 Å². The first-order valence-electron chi connectivity index (χ1n) is 15.6. The van der Waals surface area contributed by atoms with Crippen LogP contribution >= 0.6 is 11.8 Å². The van der Waals surface area contributed by atoms with E-state index in [-0.39, 0.29) is 23.4 Å². The maximum absolute atomic E-state index is 13.6. The van der Waals surface area contributed by atoms with Crippen LogP contribution in [0, 0.1) is 17.6 Å². The van der Waals surface area contributed by atoms with Crippen LogP contribution in [0.4, 0.5) is 14.5 Å². The van der Waals surface area contributed by atoms with E-state index in [9.17, 15) is 37.9 Å². The largest absolute Gasteiger partial charge is 0.484 e. The Labute approximate surface area is 280 Å². The number of thioether (sulfide) groups is 1. The highest BCUT2D eigenvalue weighted by Gasteiger charge is 2.49. The molecule has 3 aromatic carbocycles. The number of ketones is 1. The smallest absolute Gasteiger partial charge is 0.326 e. The van der Waals surface area contributed by atoms with Crippen LogP contribution in [-0.4, -0.2) is 64.8 Å². The summed E-state index contributed by atoms with van der Waals surface area (Å²) in [5.74, 6) is -3.49. The lowest BCUT2D eigenvalue weighted by Crippen LogP contribution is -2.57. The Morgan fingerprint density at radius 2 is 1.50 bits per heavy atom. The lowest BCUT2D eigenvalue weighted by Gasteiger charge is -2.47. The number of benzene rings is 3. The van der Waals surface area contributed by atoms with E-state index >= 15 is 0 Å². The number of aliphatic carboxylic acids is 1. The van der Waals surface area contributed by atoms with Crippen molar-refractivity contribution in [3.05, 3.63) is 95.6 Å². The maximum atomic E-state index is 13.6. The lowest BCUT2D eigenvalue weighted by molar-refractivity contribution is -0.143. The third kappa shape index (κ3) is 8.57. The topological polar surface area (TPSA) is 142 Å². The second-order valence-electron chi connectivity index (χ2n) is 11.7. The molecule has 1 heterocycles. The van der Waals surface area contributed by atoms with Gasteiger partial charge in [0.2, 0.25) is 11.8 Å². The number of nitrogens with zero attached hydrogens (tertiary/aromatic N) is 1. The molecule has 3 atom stereocenters. The summed E-state index contributed by atoms with van der Waals surface area (Å²) in [5, 5.41) is 13.9. The first kappa shape index (κ1) is 34.6. The summed E-state index contributed by atoms with van der Waals surface area (Å²) in [5.41, 5.74) is 1.53. The summed E-state index contributed by atoms with van der Waals surface area (Å²) in [4.78, 5) is 64.0. The van der Waals surface area contributed by atoms with Crippen molar-refractivity contribution in [3.63, 3.8) is 0 Å². The zero-order valence-electron chi connectivity index (χ0n) is 25.9. The zero-order valence-corrected chi connectivity index (χ0v) is 26.7. The maximum Gasteiger partial charge on any atom is 0.326 e. The fourth-order valence-electron chi connectivity index (χ4n) is 5.94. The Bertz CT molecular complexity index is 1630. The molecule has 5 rings (SSSR count). The number of carbonyl (C=O) groups excluding carboxylic acids is 4. The van der Waals surface area contributed by atoms with Gasteiger partial charge in [-0.2, -0.15) is 0 Å². The lowest BCUT2D eigenvalue weighted by atomic mass is 9.84. The number of ether oxygens (including phenoxy) is 1. The average Bonchev–Trinajstić information content (AvgIpc) is 3.09. The summed E-state index contributed by atoms with van der Waals surface area (Å²) in [6, 6.07) is 15.9. The van der Waals surface area contributed by atoms with Gasteiger partial charge in [-0.3, -0.25) is 19.2 Å². The van der Waals surface area contributed by atoms with E-state index in [2.05, 4.69) is 10.6 Å². The number of amides is 3. The summed E-state index contributed by atoms with van der Waals surface area (Å²) < 4.78 is 32.5. The molecule has 3 amide bonds. The Balaban J connectivity index is 1.17. The third-order valence-corrected chi connectivity index (χ3v) is 9.70. The number of nitrogens with one attached hydrogen (secondary N) is 2. The van der Waals surface area contributed by atoms with Crippen molar-refractivity contribution in [2.75, 3.05) is 23.8 Å². The molecule has 2 aliphatic rings. The molecule has 1 aliphatic heterocycles. The van der Waals surface area contributed by atoms with E-state index in [4.69, 9.17) is 4.74 Å². The summed E-state index contributed by atoms with van der Waals surface area (Å²) in [6.45, 7) is -0.791. The Morgan fingerprint density at radius 1 is 0.875 bits per heavy atom. The van der Waals surface area contributed by atoms with E-state index in [1.165, 1.54) is 53.4 Å². The van der Waals surface area contributed by atoms with Gasteiger partial charge in [0.05, 0.1) is 18.3 Å². The van der Waals surface area contributed by atoms with Crippen LogP contribution in [0.3, 0.4) is 0 Å². The number of carboxylic acids is 1. The van der Waals surface area contributed by atoms with Gasteiger partial charge >= 0.3 is 5.97 Å². The van der Waals surface area contributed by atoms with Crippen LogP contribution in [0.5, 0.6) is 5.75 Å². The molecule has 2 unspecified atom stereocenters. The predicted molar refractivity (Wildman–Crippen MR) is 175 cm³/mol. The van der Waals surface area contributed by atoms with Crippen molar-refractivity contribution in [1.82, 2.24) is 10.6 Å². The number of β-lactam (4-membered cyclic amide) rings is 1. The highest BCUT2D eigenvalue weighted by molar-refractivity contribution is 8.01. The number of anilines is 1. The van der Waals surface area contributed by atoms with E-state index < -0.39 is 59.9 Å². The first-order valence-corrected chi connectivity index (χ1v) is 16.7. The highest BCUT2D eigenvalue weighted by atomic mass is 32.2. The van der Waals surface area contributed by atoms with Crippen molar-refractivity contribution in [2.45, 2.75) is 49.4 Å². The Morgan fingerprint density at radius 3 is 2.12 bits per heavy atom. The number of hydrogen-bond donors (Lipinski definition) is 3. The van der Waals surface area contributed by atoms with Crippen molar-refractivity contribution in [3.8, 4) is 5.75 Å². The van der Waals surface area contributed by atoms with E-state index in [1.807, 2.05) is 0 Å². The van der Waals surface area contributed by atoms with Gasteiger partial charge in [0.1, 0.15) is 28.7 Å². The quantitative estimate of drug-likeness (QED) is 0.165. The fourth-order valence-corrected chi connectivity index (χ4v) is 7.15. The zero-order chi connectivity index (χ0) is 34.2. The molecule has 13 heteroatoms. The van der Waals surface area contributed by atoms with Crippen LogP contribution < -0.4 is 20.3 Å². The minimum absolute atomic E-state index is 0.0122. The molecule has 1 saturated heterocycles. The molecule has 10 nitrogen and oxygen atoms in total. The van der Waals surface area contributed by atoms with Gasteiger partial charge in [0.15, 0.2) is 12.4 Å². The third-order valence-electron chi connectivity index (χ3n) is 8.45. The number of hydrogen-bond acceptors (Lipinski definition) is 7. The molecule has 3 N–H and O–H groups in total. The fraction of sp³-hybridized carbons (Fsp3) is 0.343. The SMILES string of the molecule is O=C(COc1ccc(C2C(SCC(=O)c3ccc(F)cc3)C(=O)N2c2ccc(F)cc2)cc1)NCC(=O)N[C@@H](C(=O)O)C1CCCCC1. The second kappa shape index (κ2) is 15.9. The summed E-state index contributed by atoms with van der Waals surface area (Å²) in [7, 11) is 0. The van der Waals surface area contributed by atoms with Crippen LogP contribution in [0.1, 0.15) is 54.1 Å². The second-order valence-corrected chi connectivity index (χ2v) is 12.8. The highest BCUT2D eigenvalue weighted by Crippen LogP contribution is 2.45. The van der Waals surface area contributed by atoms with Crippen LogP contribution in [0.25, 0.3) is 0 Å². The van der Waals surface area contributed by atoms with Crippen molar-refractivity contribution >= 4 is 46.9 Å². The monoisotopic (exact) mass is 679 g/mol. The number of Topliss-reactive ketones (excluding diaryl/α,β-unsaturated/α-hetero) is 1. The summed E-state index contributed by atoms with van der Waals surface area (Å²) >= 11 is 1.16. The first-order chi connectivity index (χ1) is 23.1. The van der Waals surface area contributed by atoms with Crippen molar-refractivity contribution < 1.29 is 42.6 Å². The van der Waals surface area contributed by atoms with E-state index in [0.29, 0.717) is 22.6 Å². The van der Waals surface area contributed by atoms with E-state index in [1.54, 1.807) is 24.3 Å². The molecule has 0 spiro atoms. The standard InChI is InChI=1S/C35H35F2N3O7S/c36-24-10-6-21(7-11-24)28(41)20-48-33-32(40(34(33)44)26-14-12-25(37)13-15-26)23-8-16-27(17-9-23)47-19-30(43)38-18-29(42)39-31(35(45)46)22-4-2-1-3-5-22/h6-17,22,31-33H,1-5,18-20H2,(H,38,43)(H,39,42)(H,45,46)/t31-,32?,33?/m1/s1.